The summed E-state index contributed by atoms with van der Waals surface area (Å²) in [6.07, 6.45) is 1.34. The van der Waals surface area contributed by atoms with Gasteiger partial charge in [0.1, 0.15) is 5.75 Å². The average molecular weight is 578 g/mol. The molecule has 0 saturated carbocycles. The maximum atomic E-state index is 12.2. The van der Waals surface area contributed by atoms with Crippen LogP contribution in [0.3, 0.4) is 0 Å². The van der Waals surface area contributed by atoms with Gasteiger partial charge in [0, 0.05) is 11.6 Å². The fourth-order valence-electron chi connectivity index (χ4n) is 2.70. The van der Waals surface area contributed by atoms with E-state index in [0.29, 0.717) is 9.13 Å². The molecule has 13 heteroatoms. The van der Waals surface area contributed by atoms with Gasteiger partial charge in [0.25, 0.3) is 11.6 Å². The number of nitro benzene ring substituents is 2. The highest BCUT2D eigenvalue weighted by molar-refractivity contribution is 14.1. The Kier molecular flexibility index (Phi) is 7.57. The molecule has 1 amide bonds. The Hall–Kier alpha value is -4.27. The number of amides is 1. The molecule has 0 aliphatic heterocycles. The smallest absolute Gasteiger partial charge is 0.318 e. The SMILES string of the molecule is COc1cc(C=NNC(=O)c2ccc(I)c(O)c2)ccc1Oc1ccc([N+](=O)[O-])cc1[N+](=O)[O-]. The van der Waals surface area contributed by atoms with Crippen LogP contribution in [0, 0.1) is 23.8 Å². The third-order valence-corrected chi connectivity index (χ3v) is 5.26. The molecular formula is C21H15IN4O8. The maximum absolute atomic E-state index is 12.2. The van der Waals surface area contributed by atoms with Crippen molar-refractivity contribution in [1.29, 1.82) is 0 Å². The van der Waals surface area contributed by atoms with Crippen LogP contribution in [0.2, 0.25) is 0 Å². The van der Waals surface area contributed by atoms with E-state index >= 15 is 0 Å². The molecule has 3 aromatic carbocycles. The summed E-state index contributed by atoms with van der Waals surface area (Å²) in [4.78, 5) is 32.8. The summed E-state index contributed by atoms with van der Waals surface area (Å²) in [5, 5.41) is 35.8. The molecule has 0 spiro atoms. The number of carbonyl (C=O) groups is 1. The Morgan fingerprint density at radius 2 is 1.76 bits per heavy atom. The Balaban J connectivity index is 1.77. The molecule has 2 N–H and O–H groups in total. The van der Waals surface area contributed by atoms with E-state index in [2.05, 4.69) is 10.5 Å². The van der Waals surface area contributed by atoms with Crippen LogP contribution in [0.25, 0.3) is 0 Å². The summed E-state index contributed by atoms with van der Waals surface area (Å²) in [6, 6.07) is 12.0. The highest BCUT2D eigenvalue weighted by Crippen LogP contribution is 2.38. The predicted octanol–water partition coefficient (Wildman–Crippen LogP) is 4.38. The van der Waals surface area contributed by atoms with E-state index in [0.717, 1.165) is 18.2 Å². The summed E-state index contributed by atoms with van der Waals surface area (Å²) in [5.74, 6) is -0.435. The van der Waals surface area contributed by atoms with Gasteiger partial charge in [-0.2, -0.15) is 5.10 Å². The van der Waals surface area contributed by atoms with Gasteiger partial charge in [-0.15, -0.1) is 0 Å². The van der Waals surface area contributed by atoms with Crippen LogP contribution in [0.4, 0.5) is 11.4 Å². The third kappa shape index (κ3) is 5.74. The Bertz CT molecular complexity index is 1310. The van der Waals surface area contributed by atoms with Crippen LogP contribution in [0.5, 0.6) is 23.0 Å². The molecule has 0 aliphatic carbocycles. The maximum Gasteiger partial charge on any atom is 0.318 e. The number of nitrogens with zero attached hydrogens (tertiary/aromatic N) is 3. The van der Waals surface area contributed by atoms with E-state index in [9.17, 15) is 30.1 Å². The molecule has 0 bridgehead atoms. The Morgan fingerprint density at radius 1 is 1.03 bits per heavy atom. The normalized spacial score (nSPS) is 10.6. The van der Waals surface area contributed by atoms with Crippen molar-refractivity contribution < 1.29 is 29.2 Å². The first-order valence-electron chi connectivity index (χ1n) is 9.30. The van der Waals surface area contributed by atoms with Crippen LogP contribution >= 0.6 is 22.6 Å². The van der Waals surface area contributed by atoms with Crippen molar-refractivity contribution >= 4 is 46.1 Å². The van der Waals surface area contributed by atoms with Crippen LogP contribution in [-0.2, 0) is 0 Å². The highest BCUT2D eigenvalue weighted by Gasteiger charge is 2.22. The number of benzene rings is 3. The monoisotopic (exact) mass is 578 g/mol. The van der Waals surface area contributed by atoms with Gasteiger partial charge in [0.15, 0.2) is 11.5 Å². The van der Waals surface area contributed by atoms with Gasteiger partial charge < -0.3 is 14.6 Å². The van der Waals surface area contributed by atoms with Crippen molar-refractivity contribution in [2.45, 2.75) is 0 Å². The van der Waals surface area contributed by atoms with Gasteiger partial charge in [0.05, 0.1) is 32.8 Å². The minimum atomic E-state index is -0.786. The summed E-state index contributed by atoms with van der Waals surface area (Å²) in [6.45, 7) is 0. The summed E-state index contributed by atoms with van der Waals surface area (Å²) >= 11 is 1.93. The molecule has 0 aliphatic rings. The minimum absolute atomic E-state index is 0.0224. The summed E-state index contributed by atoms with van der Waals surface area (Å²) < 4.78 is 11.4. The lowest BCUT2D eigenvalue weighted by molar-refractivity contribution is -0.394. The first-order chi connectivity index (χ1) is 16.2. The number of non-ortho nitro benzene ring substituents is 1. The van der Waals surface area contributed by atoms with Gasteiger partial charge in [-0.25, -0.2) is 5.43 Å². The van der Waals surface area contributed by atoms with E-state index in [1.807, 2.05) is 22.6 Å². The van der Waals surface area contributed by atoms with Crippen LogP contribution < -0.4 is 14.9 Å². The third-order valence-electron chi connectivity index (χ3n) is 4.35. The molecule has 0 radical (unpaired) electrons. The number of hydrogen-bond donors (Lipinski definition) is 2. The number of nitro groups is 2. The van der Waals surface area contributed by atoms with E-state index < -0.39 is 27.1 Å². The van der Waals surface area contributed by atoms with E-state index in [1.54, 1.807) is 18.2 Å². The number of carbonyl (C=O) groups excluding carboxylic acids is 1. The number of hydrogen-bond acceptors (Lipinski definition) is 9. The van der Waals surface area contributed by atoms with Crippen molar-refractivity contribution in [3.63, 3.8) is 0 Å². The molecule has 34 heavy (non-hydrogen) atoms. The van der Waals surface area contributed by atoms with E-state index in [1.165, 1.54) is 31.5 Å². The molecule has 0 unspecified atom stereocenters. The van der Waals surface area contributed by atoms with E-state index in [-0.39, 0.29) is 28.6 Å². The molecular weight excluding hydrogens is 563 g/mol. The topological polar surface area (TPSA) is 166 Å². The molecule has 0 saturated heterocycles. The van der Waals surface area contributed by atoms with Crippen molar-refractivity contribution in [2.75, 3.05) is 7.11 Å². The zero-order chi connectivity index (χ0) is 24.8. The first-order valence-corrected chi connectivity index (χ1v) is 10.4. The van der Waals surface area contributed by atoms with Gasteiger partial charge in [-0.05, 0) is 70.6 Å². The molecule has 0 atom stereocenters. The summed E-state index contributed by atoms with van der Waals surface area (Å²) in [7, 11) is 1.36. The second-order valence-corrected chi connectivity index (χ2v) is 7.71. The second-order valence-electron chi connectivity index (χ2n) is 6.54. The quantitative estimate of drug-likeness (QED) is 0.172. The number of phenolic OH excluding ortho intramolecular Hbond substituents is 1. The lowest BCUT2D eigenvalue weighted by atomic mass is 10.2. The van der Waals surface area contributed by atoms with Gasteiger partial charge >= 0.3 is 5.69 Å². The van der Waals surface area contributed by atoms with Crippen molar-refractivity contribution in [3.8, 4) is 23.0 Å². The molecule has 3 aromatic rings. The number of rotatable bonds is 8. The fraction of sp³-hybridized carbons (Fsp3) is 0.0476. The fourth-order valence-corrected chi connectivity index (χ4v) is 3.03. The zero-order valence-corrected chi connectivity index (χ0v) is 19.5. The van der Waals surface area contributed by atoms with Gasteiger partial charge in [0.2, 0.25) is 5.75 Å². The first kappa shape index (κ1) is 24.4. The van der Waals surface area contributed by atoms with Gasteiger partial charge in [-0.3, -0.25) is 25.0 Å². The van der Waals surface area contributed by atoms with Crippen molar-refractivity contribution in [1.82, 2.24) is 5.43 Å². The lowest BCUT2D eigenvalue weighted by Crippen LogP contribution is -2.17. The standard InChI is InChI=1S/C21H15IN4O8/c1-33-20-8-12(11-23-24-21(28)13-3-5-15(22)17(27)9-13)2-6-19(20)34-18-7-4-14(25(29)30)10-16(18)26(31)32/h2-11,27H,1H3,(H,24,28). The Labute approximate surface area is 205 Å². The number of halogens is 1. The predicted molar refractivity (Wildman–Crippen MR) is 129 cm³/mol. The number of ether oxygens (including phenoxy) is 2. The Morgan fingerprint density at radius 3 is 2.41 bits per heavy atom. The number of nitrogens with one attached hydrogen (secondary N) is 1. The van der Waals surface area contributed by atoms with Crippen LogP contribution in [0.1, 0.15) is 15.9 Å². The van der Waals surface area contributed by atoms with Crippen LogP contribution in [0.15, 0.2) is 59.7 Å². The van der Waals surface area contributed by atoms with E-state index in [4.69, 9.17) is 9.47 Å². The average Bonchev–Trinajstić information content (AvgIpc) is 2.81. The molecule has 174 valence electrons. The van der Waals surface area contributed by atoms with Crippen molar-refractivity contribution in [2.24, 2.45) is 5.10 Å². The van der Waals surface area contributed by atoms with Gasteiger partial charge in [-0.1, -0.05) is 0 Å². The van der Waals surface area contributed by atoms with Crippen molar-refractivity contribution in [3.05, 3.63) is 89.5 Å². The number of hydrazone groups is 1. The number of aromatic hydroxyl groups is 1. The molecule has 0 fully saturated rings. The molecule has 12 nitrogen and oxygen atoms in total. The second kappa shape index (κ2) is 10.6. The lowest BCUT2D eigenvalue weighted by Gasteiger charge is -2.11. The molecule has 0 heterocycles. The largest absolute Gasteiger partial charge is 0.507 e. The number of methoxy groups -OCH3 is 1. The van der Waals surface area contributed by atoms with Crippen LogP contribution in [-0.4, -0.2) is 34.2 Å². The minimum Gasteiger partial charge on any atom is -0.507 e. The number of phenols is 1. The molecule has 3 rings (SSSR count). The zero-order valence-electron chi connectivity index (χ0n) is 17.3. The highest BCUT2D eigenvalue weighted by atomic mass is 127. The molecule has 0 aromatic heterocycles. The summed E-state index contributed by atoms with van der Waals surface area (Å²) in [5.41, 5.74) is 2.04.